The van der Waals surface area contributed by atoms with Gasteiger partial charge in [0.05, 0.1) is 11.5 Å². The van der Waals surface area contributed by atoms with Gasteiger partial charge in [-0.1, -0.05) is 6.92 Å². The predicted molar refractivity (Wildman–Crippen MR) is 69.6 cm³/mol. The maximum atomic E-state index is 11.8. The van der Waals surface area contributed by atoms with Gasteiger partial charge in [-0.15, -0.1) is 0 Å². The van der Waals surface area contributed by atoms with Crippen molar-refractivity contribution in [1.82, 2.24) is 5.32 Å². The second-order valence-corrected chi connectivity index (χ2v) is 8.12. The van der Waals surface area contributed by atoms with Gasteiger partial charge in [-0.25, -0.2) is 8.42 Å². The van der Waals surface area contributed by atoms with Crippen molar-refractivity contribution >= 4 is 9.84 Å². The lowest BCUT2D eigenvalue weighted by Gasteiger charge is -2.39. The van der Waals surface area contributed by atoms with Crippen molar-refractivity contribution in [3.8, 4) is 0 Å². The number of nitrogens with two attached hydrogens (primary N) is 1. The highest BCUT2D eigenvalue weighted by Crippen LogP contribution is 2.29. The predicted octanol–water partition coefficient (Wildman–Crippen LogP) is 0.671. The zero-order valence-corrected chi connectivity index (χ0v) is 11.4. The molecule has 2 fully saturated rings. The van der Waals surface area contributed by atoms with E-state index in [9.17, 15) is 8.42 Å². The van der Waals surface area contributed by atoms with Gasteiger partial charge in [0.15, 0.2) is 9.84 Å². The van der Waals surface area contributed by atoms with Crippen molar-refractivity contribution in [3.63, 3.8) is 0 Å². The molecule has 17 heavy (non-hydrogen) atoms. The third-order valence-electron chi connectivity index (χ3n) is 4.20. The molecular formula is C12H24N2O2S. The molecule has 0 aromatic rings. The summed E-state index contributed by atoms with van der Waals surface area (Å²) in [5.74, 6) is 1.31. The van der Waals surface area contributed by atoms with Crippen molar-refractivity contribution in [3.05, 3.63) is 0 Å². The summed E-state index contributed by atoms with van der Waals surface area (Å²) in [6.07, 6.45) is 5.19. The molecule has 4 nitrogen and oxygen atoms in total. The zero-order valence-electron chi connectivity index (χ0n) is 10.6. The van der Waals surface area contributed by atoms with Crippen LogP contribution in [0.25, 0.3) is 0 Å². The number of hydrogen-bond acceptors (Lipinski definition) is 4. The Labute approximate surface area is 104 Å². The Morgan fingerprint density at radius 3 is 2.71 bits per heavy atom. The average molecular weight is 260 g/mol. The summed E-state index contributed by atoms with van der Waals surface area (Å²) in [7, 11) is -2.90. The van der Waals surface area contributed by atoms with Gasteiger partial charge in [-0.2, -0.15) is 0 Å². The molecule has 0 spiro atoms. The van der Waals surface area contributed by atoms with Crippen molar-refractivity contribution in [1.29, 1.82) is 0 Å². The average Bonchev–Trinajstić information content (AvgIpc) is 2.62. The van der Waals surface area contributed by atoms with Gasteiger partial charge in [0.2, 0.25) is 0 Å². The topological polar surface area (TPSA) is 72.2 Å². The Hall–Kier alpha value is -0.130. The first-order valence-electron chi connectivity index (χ1n) is 6.63. The molecule has 0 aromatic heterocycles. The van der Waals surface area contributed by atoms with Crippen LogP contribution in [0.15, 0.2) is 0 Å². The van der Waals surface area contributed by atoms with Crippen molar-refractivity contribution < 1.29 is 8.42 Å². The minimum Gasteiger partial charge on any atom is -0.329 e. The number of rotatable bonds is 3. The highest BCUT2D eigenvalue weighted by molar-refractivity contribution is 7.91. The molecule has 0 radical (unpaired) electrons. The minimum absolute atomic E-state index is 0.224. The third-order valence-corrected chi connectivity index (χ3v) is 6.11. The Kier molecular flexibility index (Phi) is 3.80. The lowest BCUT2D eigenvalue weighted by atomic mass is 9.94. The second kappa shape index (κ2) is 4.86. The van der Waals surface area contributed by atoms with Crippen LogP contribution in [0.3, 0.4) is 0 Å². The standard InChI is InChI=1S/C12H24N2O2S/c1-10-3-4-11(7-10)14-12(8-13)5-2-6-17(15,16)9-12/h10-11,14H,2-9,13H2,1H3. The number of sulfone groups is 1. The van der Waals surface area contributed by atoms with E-state index in [-0.39, 0.29) is 11.3 Å². The van der Waals surface area contributed by atoms with Gasteiger partial charge in [-0.05, 0) is 38.0 Å². The Bertz CT molecular complexity index is 369. The largest absolute Gasteiger partial charge is 0.329 e. The summed E-state index contributed by atoms with van der Waals surface area (Å²) >= 11 is 0. The summed E-state index contributed by atoms with van der Waals surface area (Å²) in [6, 6.07) is 0.460. The second-order valence-electron chi connectivity index (χ2n) is 5.94. The molecule has 0 bridgehead atoms. The van der Waals surface area contributed by atoms with Crippen LogP contribution in [0.4, 0.5) is 0 Å². The molecule has 1 aliphatic carbocycles. The summed E-state index contributed by atoms with van der Waals surface area (Å²) in [4.78, 5) is 0. The molecule has 0 amide bonds. The monoisotopic (exact) mass is 260 g/mol. The van der Waals surface area contributed by atoms with E-state index in [2.05, 4.69) is 12.2 Å². The maximum Gasteiger partial charge on any atom is 0.152 e. The van der Waals surface area contributed by atoms with Gasteiger partial charge in [-0.3, -0.25) is 0 Å². The van der Waals surface area contributed by atoms with Crippen LogP contribution in [-0.4, -0.2) is 38.0 Å². The minimum atomic E-state index is -2.90. The van der Waals surface area contributed by atoms with E-state index in [0.717, 1.165) is 31.6 Å². The maximum absolute atomic E-state index is 11.8. The van der Waals surface area contributed by atoms with E-state index < -0.39 is 9.84 Å². The molecule has 100 valence electrons. The quantitative estimate of drug-likeness (QED) is 0.782. The smallest absolute Gasteiger partial charge is 0.152 e. The molecule has 3 unspecified atom stereocenters. The Morgan fingerprint density at radius 2 is 2.18 bits per heavy atom. The van der Waals surface area contributed by atoms with E-state index >= 15 is 0 Å². The highest BCUT2D eigenvalue weighted by atomic mass is 32.2. The fraction of sp³-hybridized carbons (Fsp3) is 1.00. The molecule has 2 rings (SSSR count). The molecule has 3 N–H and O–H groups in total. The van der Waals surface area contributed by atoms with Crippen LogP contribution in [0.5, 0.6) is 0 Å². The van der Waals surface area contributed by atoms with Gasteiger partial charge in [0.25, 0.3) is 0 Å². The lowest BCUT2D eigenvalue weighted by Crippen LogP contribution is -2.60. The molecule has 0 aromatic carbocycles. The van der Waals surface area contributed by atoms with Crippen molar-refractivity contribution in [2.24, 2.45) is 11.7 Å². The van der Waals surface area contributed by atoms with Crippen molar-refractivity contribution in [2.45, 2.75) is 50.6 Å². The first-order valence-corrected chi connectivity index (χ1v) is 8.45. The molecule has 1 aliphatic heterocycles. The lowest BCUT2D eigenvalue weighted by molar-refractivity contribution is 0.286. The van der Waals surface area contributed by atoms with E-state index in [0.29, 0.717) is 18.3 Å². The molecule has 3 atom stereocenters. The SMILES string of the molecule is CC1CCC(NC2(CN)CCCS(=O)(=O)C2)C1. The van der Waals surface area contributed by atoms with Gasteiger partial charge in [0, 0.05) is 18.1 Å². The fourth-order valence-corrected chi connectivity index (χ4v) is 5.22. The Balaban J connectivity index is 2.04. The van der Waals surface area contributed by atoms with Crippen LogP contribution in [0.1, 0.15) is 39.0 Å². The van der Waals surface area contributed by atoms with Gasteiger partial charge in [0.1, 0.15) is 0 Å². The Morgan fingerprint density at radius 1 is 1.41 bits per heavy atom. The summed E-state index contributed by atoms with van der Waals surface area (Å²) in [6.45, 7) is 2.69. The molecular weight excluding hydrogens is 236 g/mol. The normalized spacial score (nSPS) is 41.5. The summed E-state index contributed by atoms with van der Waals surface area (Å²) in [5.41, 5.74) is 5.49. The van der Waals surface area contributed by atoms with E-state index in [1.165, 1.54) is 6.42 Å². The van der Waals surface area contributed by atoms with Gasteiger partial charge >= 0.3 is 0 Å². The molecule has 1 saturated heterocycles. The summed E-state index contributed by atoms with van der Waals surface area (Å²) in [5, 5.41) is 3.56. The number of hydrogen-bond donors (Lipinski definition) is 2. The fourth-order valence-electron chi connectivity index (χ4n) is 3.30. The van der Waals surface area contributed by atoms with Crippen LogP contribution in [-0.2, 0) is 9.84 Å². The number of nitrogens with one attached hydrogen (secondary N) is 1. The molecule has 1 heterocycles. The molecule has 5 heteroatoms. The van der Waals surface area contributed by atoms with E-state index in [4.69, 9.17) is 5.73 Å². The third kappa shape index (κ3) is 3.20. The van der Waals surface area contributed by atoms with Crippen LogP contribution >= 0.6 is 0 Å². The van der Waals surface area contributed by atoms with Crippen LogP contribution in [0.2, 0.25) is 0 Å². The van der Waals surface area contributed by atoms with E-state index in [1.54, 1.807) is 0 Å². The zero-order chi connectivity index (χ0) is 12.5. The first kappa shape index (κ1) is 13.3. The first-order chi connectivity index (χ1) is 7.95. The van der Waals surface area contributed by atoms with Crippen LogP contribution in [0, 0.1) is 5.92 Å². The van der Waals surface area contributed by atoms with E-state index in [1.807, 2.05) is 0 Å². The van der Waals surface area contributed by atoms with Gasteiger partial charge < -0.3 is 11.1 Å². The van der Waals surface area contributed by atoms with Crippen LogP contribution < -0.4 is 11.1 Å². The molecule has 1 saturated carbocycles. The summed E-state index contributed by atoms with van der Waals surface area (Å²) < 4.78 is 23.5. The molecule has 2 aliphatic rings. The highest BCUT2D eigenvalue weighted by Gasteiger charge is 2.40. The van der Waals surface area contributed by atoms with Crippen molar-refractivity contribution in [2.75, 3.05) is 18.1 Å².